The fourth-order valence-electron chi connectivity index (χ4n) is 1.31. The third kappa shape index (κ3) is 2.39. The second kappa shape index (κ2) is 4.71. The fraction of sp³-hybridized carbons (Fsp3) is 0.0833. The van der Waals surface area contributed by atoms with Gasteiger partial charge in [-0.3, -0.25) is 4.79 Å². The highest BCUT2D eigenvalue weighted by molar-refractivity contribution is 9.10. The lowest BCUT2D eigenvalue weighted by atomic mass is 10.1. The molecule has 0 saturated carbocycles. The van der Waals surface area contributed by atoms with Gasteiger partial charge in [-0.05, 0) is 40.5 Å². The van der Waals surface area contributed by atoms with Crippen LogP contribution in [0.3, 0.4) is 0 Å². The lowest BCUT2D eigenvalue weighted by Gasteiger charge is -2.02. The molecule has 0 atom stereocenters. The molecule has 0 spiro atoms. The van der Waals surface area contributed by atoms with Gasteiger partial charge in [-0.2, -0.15) is 0 Å². The van der Waals surface area contributed by atoms with Crippen LogP contribution in [0.5, 0.6) is 0 Å². The van der Waals surface area contributed by atoms with Gasteiger partial charge in [0.15, 0.2) is 0 Å². The van der Waals surface area contributed by atoms with Crippen molar-refractivity contribution in [3.63, 3.8) is 0 Å². The van der Waals surface area contributed by atoms with Crippen LogP contribution in [0.25, 0.3) is 0 Å². The van der Waals surface area contributed by atoms with Crippen molar-refractivity contribution >= 4 is 21.7 Å². The normalized spacial score (nSPS) is 10.3. The zero-order valence-electron chi connectivity index (χ0n) is 8.95. The zero-order valence-corrected chi connectivity index (χ0v) is 10.5. The van der Waals surface area contributed by atoms with Gasteiger partial charge in [0.1, 0.15) is 5.82 Å². The molecule has 86 valence electrons. The van der Waals surface area contributed by atoms with Crippen LogP contribution in [0.15, 0.2) is 35.1 Å². The van der Waals surface area contributed by atoms with Gasteiger partial charge in [0.2, 0.25) is 11.6 Å². The summed E-state index contributed by atoms with van der Waals surface area (Å²) in [5, 5.41) is 0. The summed E-state index contributed by atoms with van der Waals surface area (Å²) in [7, 11) is 0. The lowest BCUT2D eigenvalue weighted by Crippen LogP contribution is -2.09. The molecule has 5 heteroatoms. The number of carbonyl (C=O) groups is 1. The minimum absolute atomic E-state index is 0.00685. The molecule has 0 radical (unpaired) electrons. The van der Waals surface area contributed by atoms with Gasteiger partial charge in [-0.25, -0.2) is 14.4 Å². The Labute approximate surface area is 106 Å². The van der Waals surface area contributed by atoms with Crippen molar-refractivity contribution in [2.45, 2.75) is 6.92 Å². The van der Waals surface area contributed by atoms with Crippen LogP contribution in [0.2, 0.25) is 0 Å². The quantitative estimate of drug-likeness (QED) is 0.800. The topological polar surface area (TPSA) is 42.9 Å². The van der Waals surface area contributed by atoms with Crippen LogP contribution in [-0.4, -0.2) is 15.8 Å². The summed E-state index contributed by atoms with van der Waals surface area (Å²) in [5.74, 6) is -1.13. The Hall–Kier alpha value is -1.62. The molecule has 3 nitrogen and oxygen atoms in total. The summed E-state index contributed by atoms with van der Waals surface area (Å²) >= 11 is 3.03. The van der Waals surface area contributed by atoms with Crippen molar-refractivity contribution < 1.29 is 9.18 Å². The number of hydrogen-bond acceptors (Lipinski definition) is 3. The Morgan fingerprint density at radius 2 is 1.94 bits per heavy atom. The van der Waals surface area contributed by atoms with E-state index in [1.54, 1.807) is 6.07 Å². The third-order valence-electron chi connectivity index (χ3n) is 2.18. The predicted molar refractivity (Wildman–Crippen MR) is 64.3 cm³/mol. The first-order valence-electron chi connectivity index (χ1n) is 4.87. The van der Waals surface area contributed by atoms with Gasteiger partial charge in [0.25, 0.3) is 0 Å². The van der Waals surface area contributed by atoms with E-state index in [1.807, 2.05) is 6.92 Å². The standard InChI is InChI=1S/C12H8BrFN2O/c1-7-5-15-12(16-6-7)11(17)8-3-2-4-9(13)10(8)14/h2-6H,1H3. The molecule has 2 aromatic rings. The molecule has 17 heavy (non-hydrogen) atoms. The smallest absolute Gasteiger partial charge is 0.233 e. The Morgan fingerprint density at radius 1 is 1.29 bits per heavy atom. The molecular weight excluding hydrogens is 287 g/mol. The van der Waals surface area contributed by atoms with Crippen LogP contribution in [0.4, 0.5) is 4.39 Å². The number of benzene rings is 1. The summed E-state index contributed by atoms with van der Waals surface area (Å²) < 4.78 is 13.9. The van der Waals surface area contributed by atoms with E-state index in [-0.39, 0.29) is 15.9 Å². The predicted octanol–water partition coefficient (Wildman–Crippen LogP) is 2.92. The van der Waals surface area contributed by atoms with E-state index in [9.17, 15) is 9.18 Å². The SMILES string of the molecule is Cc1cnc(C(=O)c2cccc(Br)c2F)nc1. The summed E-state index contributed by atoms with van der Waals surface area (Å²) in [6, 6.07) is 4.53. The van der Waals surface area contributed by atoms with E-state index in [0.29, 0.717) is 0 Å². The van der Waals surface area contributed by atoms with Crippen molar-refractivity contribution in [2.75, 3.05) is 0 Å². The van der Waals surface area contributed by atoms with Crippen molar-refractivity contribution in [3.8, 4) is 0 Å². The van der Waals surface area contributed by atoms with Crippen molar-refractivity contribution in [2.24, 2.45) is 0 Å². The summed E-state index contributed by atoms with van der Waals surface area (Å²) in [5.41, 5.74) is 0.805. The Kier molecular flexibility index (Phi) is 3.28. The van der Waals surface area contributed by atoms with Gasteiger partial charge in [0, 0.05) is 12.4 Å². The van der Waals surface area contributed by atoms with Crippen molar-refractivity contribution in [1.82, 2.24) is 9.97 Å². The van der Waals surface area contributed by atoms with Crippen LogP contribution >= 0.6 is 15.9 Å². The minimum atomic E-state index is -0.596. The van der Waals surface area contributed by atoms with Gasteiger partial charge >= 0.3 is 0 Å². The molecule has 1 heterocycles. The number of hydrogen-bond donors (Lipinski definition) is 0. The van der Waals surface area contributed by atoms with E-state index in [2.05, 4.69) is 25.9 Å². The van der Waals surface area contributed by atoms with E-state index in [4.69, 9.17) is 0 Å². The molecular formula is C12H8BrFN2O. The van der Waals surface area contributed by atoms with E-state index >= 15 is 0 Å². The average Bonchev–Trinajstić information content (AvgIpc) is 2.33. The number of ketones is 1. The molecule has 0 N–H and O–H groups in total. The molecule has 0 unspecified atom stereocenters. The highest BCUT2D eigenvalue weighted by Crippen LogP contribution is 2.20. The first-order chi connectivity index (χ1) is 8.09. The Bertz CT molecular complexity index is 569. The van der Waals surface area contributed by atoms with Crippen LogP contribution in [0, 0.1) is 12.7 Å². The maximum absolute atomic E-state index is 13.7. The number of carbonyl (C=O) groups excluding carboxylic acids is 1. The summed E-state index contributed by atoms with van der Waals surface area (Å²) in [4.78, 5) is 19.7. The molecule has 0 aliphatic heterocycles. The van der Waals surface area contributed by atoms with Crippen LogP contribution in [-0.2, 0) is 0 Å². The minimum Gasteiger partial charge on any atom is -0.285 e. The second-order valence-corrected chi connectivity index (χ2v) is 4.37. The highest BCUT2D eigenvalue weighted by Gasteiger charge is 2.17. The van der Waals surface area contributed by atoms with Gasteiger partial charge in [-0.1, -0.05) is 6.07 Å². The molecule has 0 fully saturated rings. The zero-order chi connectivity index (χ0) is 12.4. The largest absolute Gasteiger partial charge is 0.285 e. The third-order valence-corrected chi connectivity index (χ3v) is 2.79. The van der Waals surface area contributed by atoms with Crippen molar-refractivity contribution in [3.05, 3.63) is 57.8 Å². The molecule has 2 rings (SSSR count). The van der Waals surface area contributed by atoms with Crippen molar-refractivity contribution in [1.29, 1.82) is 0 Å². The Balaban J connectivity index is 2.44. The second-order valence-electron chi connectivity index (χ2n) is 3.51. The number of aromatic nitrogens is 2. The van der Waals surface area contributed by atoms with Crippen LogP contribution in [0.1, 0.15) is 21.7 Å². The molecule has 0 saturated heterocycles. The fourth-order valence-corrected chi connectivity index (χ4v) is 1.68. The summed E-state index contributed by atoms with van der Waals surface area (Å²) in [6.45, 7) is 1.81. The molecule has 0 aliphatic carbocycles. The maximum atomic E-state index is 13.7. The first kappa shape index (κ1) is 11.9. The average molecular weight is 295 g/mol. The van der Waals surface area contributed by atoms with Gasteiger partial charge < -0.3 is 0 Å². The van der Waals surface area contributed by atoms with E-state index in [0.717, 1.165) is 5.56 Å². The monoisotopic (exact) mass is 294 g/mol. The Morgan fingerprint density at radius 3 is 2.59 bits per heavy atom. The molecule has 0 amide bonds. The van der Waals surface area contributed by atoms with E-state index in [1.165, 1.54) is 24.5 Å². The van der Waals surface area contributed by atoms with Gasteiger partial charge in [-0.15, -0.1) is 0 Å². The molecule has 1 aromatic heterocycles. The number of nitrogens with zero attached hydrogens (tertiary/aromatic N) is 2. The van der Waals surface area contributed by atoms with Gasteiger partial charge in [0.05, 0.1) is 10.0 Å². The number of aryl methyl sites for hydroxylation is 1. The highest BCUT2D eigenvalue weighted by atomic mass is 79.9. The molecule has 0 aliphatic rings. The molecule has 1 aromatic carbocycles. The van der Waals surface area contributed by atoms with E-state index < -0.39 is 11.6 Å². The maximum Gasteiger partial charge on any atom is 0.233 e. The first-order valence-corrected chi connectivity index (χ1v) is 5.66. The number of rotatable bonds is 2. The molecule has 0 bridgehead atoms. The summed E-state index contributed by atoms with van der Waals surface area (Å²) in [6.07, 6.45) is 3.05. The lowest BCUT2D eigenvalue weighted by molar-refractivity contribution is 0.102. The van der Waals surface area contributed by atoms with Crippen LogP contribution < -0.4 is 0 Å². The number of halogens is 2.